The Hall–Kier alpha value is -0.0800. The van der Waals surface area contributed by atoms with Crippen molar-refractivity contribution < 1.29 is 5.11 Å². The maximum absolute atomic E-state index is 9.77. The van der Waals surface area contributed by atoms with Crippen molar-refractivity contribution in [3.63, 3.8) is 0 Å². The quantitative estimate of drug-likeness (QED) is 0.530. The Labute approximate surface area is 61.8 Å². The van der Waals surface area contributed by atoms with Crippen LogP contribution in [0.4, 0.5) is 0 Å². The molecule has 1 saturated carbocycles. The molecule has 1 spiro atoms. The summed E-state index contributed by atoms with van der Waals surface area (Å²) >= 11 is 0. The minimum Gasteiger partial charge on any atom is -0.389 e. The van der Waals surface area contributed by atoms with Crippen LogP contribution < -0.4 is 0 Å². The second-order valence-electron chi connectivity index (χ2n) is 4.23. The van der Waals surface area contributed by atoms with Gasteiger partial charge in [-0.3, -0.25) is 0 Å². The van der Waals surface area contributed by atoms with E-state index in [-0.39, 0.29) is 5.60 Å². The average Bonchev–Trinajstić information content (AvgIpc) is 1.78. The third kappa shape index (κ3) is 0.565. The van der Waals surface area contributed by atoms with Gasteiger partial charge in [0.2, 0.25) is 0 Å². The van der Waals surface area contributed by atoms with Gasteiger partial charge < -0.3 is 10.0 Å². The molecule has 2 nitrogen and oxygen atoms in total. The molecule has 1 heterocycles. The molecule has 2 heteroatoms. The van der Waals surface area contributed by atoms with E-state index in [0.29, 0.717) is 5.41 Å². The molecule has 10 heavy (non-hydrogen) atoms. The van der Waals surface area contributed by atoms with Gasteiger partial charge in [0.15, 0.2) is 0 Å². The molecule has 1 aliphatic heterocycles. The van der Waals surface area contributed by atoms with Crippen molar-refractivity contribution in [3.8, 4) is 0 Å². The lowest BCUT2D eigenvalue weighted by atomic mass is 9.53. The SMILES string of the molecule is CN1CC2(CCC2(C)O)C1. The van der Waals surface area contributed by atoms with Crippen LogP contribution in [0.5, 0.6) is 0 Å². The Morgan fingerprint density at radius 1 is 1.30 bits per heavy atom. The second-order valence-corrected chi connectivity index (χ2v) is 4.23. The fourth-order valence-electron chi connectivity index (χ4n) is 2.33. The van der Waals surface area contributed by atoms with Crippen LogP contribution in [0.1, 0.15) is 19.8 Å². The summed E-state index contributed by atoms with van der Waals surface area (Å²) < 4.78 is 0. The molecule has 0 amide bonds. The number of likely N-dealkylation sites (tertiary alicyclic amines) is 1. The number of hydrogen-bond acceptors (Lipinski definition) is 2. The van der Waals surface area contributed by atoms with Gasteiger partial charge in [-0.05, 0) is 26.8 Å². The van der Waals surface area contributed by atoms with Gasteiger partial charge in [0.1, 0.15) is 0 Å². The Kier molecular flexibility index (Phi) is 1.03. The van der Waals surface area contributed by atoms with E-state index in [0.717, 1.165) is 19.5 Å². The molecule has 2 rings (SSSR count). The average molecular weight is 141 g/mol. The van der Waals surface area contributed by atoms with Gasteiger partial charge in [-0.2, -0.15) is 0 Å². The van der Waals surface area contributed by atoms with E-state index in [1.165, 1.54) is 6.42 Å². The van der Waals surface area contributed by atoms with Crippen molar-refractivity contribution in [2.45, 2.75) is 25.4 Å². The smallest absolute Gasteiger partial charge is 0.0700 e. The number of aliphatic hydroxyl groups is 1. The van der Waals surface area contributed by atoms with Crippen LogP contribution in [0, 0.1) is 5.41 Å². The highest BCUT2D eigenvalue weighted by molar-refractivity contribution is 5.12. The number of rotatable bonds is 0. The standard InChI is InChI=1S/C8H15NO/c1-7(10)3-4-8(7)5-9(2)6-8/h10H,3-6H2,1-2H3. The molecule has 0 aromatic heterocycles. The molecule has 1 unspecified atom stereocenters. The highest BCUT2D eigenvalue weighted by Crippen LogP contribution is 2.54. The van der Waals surface area contributed by atoms with Gasteiger partial charge in [0, 0.05) is 18.5 Å². The van der Waals surface area contributed by atoms with E-state index in [2.05, 4.69) is 11.9 Å². The lowest BCUT2D eigenvalue weighted by molar-refractivity contribution is -0.216. The monoisotopic (exact) mass is 141 g/mol. The van der Waals surface area contributed by atoms with E-state index >= 15 is 0 Å². The molecule has 1 N–H and O–H groups in total. The summed E-state index contributed by atoms with van der Waals surface area (Å²) in [5.74, 6) is 0. The predicted molar refractivity (Wildman–Crippen MR) is 39.8 cm³/mol. The Morgan fingerprint density at radius 2 is 1.90 bits per heavy atom. The molecule has 2 fully saturated rings. The minimum atomic E-state index is -0.348. The van der Waals surface area contributed by atoms with Crippen molar-refractivity contribution >= 4 is 0 Å². The molecular weight excluding hydrogens is 126 g/mol. The predicted octanol–water partition coefficient (Wildman–Crippen LogP) is 0.463. The first kappa shape index (κ1) is 6.62. The lowest BCUT2D eigenvalue weighted by Crippen LogP contribution is -2.71. The normalized spacial score (nSPS) is 44.7. The molecule has 1 aliphatic carbocycles. The number of hydrogen-bond donors (Lipinski definition) is 1. The molecular formula is C8H15NO. The van der Waals surface area contributed by atoms with Crippen molar-refractivity contribution in [2.75, 3.05) is 20.1 Å². The van der Waals surface area contributed by atoms with Crippen LogP contribution in [-0.4, -0.2) is 35.7 Å². The number of nitrogens with zero attached hydrogens (tertiary/aromatic N) is 1. The molecule has 1 saturated heterocycles. The van der Waals surface area contributed by atoms with Crippen molar-refractivity contribution in [3.05, 3.63) is 0 Å². The highest BCUT2D eigenvalue weighted by Gasteiger charge is 2.60. The van der Waals surface area contributed by atoms with Gasteiger partial charge in [-0.15, -0.1) is 0 Å². The summed E-state index contributed by atoms with van der Waals surface area (Å²) in [6.45, 7) is 4.17. The van der Waals surface area contributed by atoms with Crippen LogP contribution in [0.25, 0.3) is 0 Å². The summed E-state index contributed by atoms with van der Waals surface area (Å²) in [6, 6.07) is 0. The zero-order chi connectivity index (χ0) is 7.41. The van der Waals surface area contributed by atoms with Crippen molar-refractivity contribution in [2.24, 2.45) is 5.41 Å². The molecule has 1 atom stereocenters. The van der Waals surface area contributed by atoms with Crippen LogP contribution in [-0.2, 0) is 0 Å². The van der Waals surface area contributed by atoms with E-state index in [1.54, 1.807) is 0 Å². The third-order valence-electron chi connectivity index (χ3n) is 3.38. The molecule has 2 aliphatic rings. The van der Waals surface area contributed by atoms with E-state index in [1.807, 2.05) is 6.92 Å². The highest BCUT2D eigenvalue weighted by atomic mass is 16.3. The van der Waals surface area contributed by atoms with Crippen LogP contribution >= 0.6 is 0 Å². The van der Waals surface area contributed by atoms with E-state index in [9.17, 15) is 5.11 Å². The topological polar surface area (TPSA) is 23.5 Å². The summed E-state index contributed by atoms with van der Waals surface area (Å²) in [5.41, 5.74) is -0.0543. The summed E-state index contributed by atoms with van der Waals surface area (Å²) in [7, 11) is 2.11. The largest absolute Gasteiger partial charge is 0.389 e. The Balaban J connectivity index is 2.07. The summed E-state index contributed by atoms with van der Waals surface area (Å²) in [6.07, 6.45) is 2.23. The Bertz CT molecular complexity index is 159. The molecule has 0 bridgehead atoms. The fourth-order valence-corrected chi connectivity index (χ4v) is 2.33. The first-order valence-electron chi connectivity index (χ1n) is 3.97. The maximum Gasteiger partial charge on any atom is 0.0700 e. The Morgan fingerprint density at radius 3 is 2.00 bits per heavy atom. The van der Waals surface area contributed by atoms with E-state index in [4.69, 9.17) is 0 Å². The zero-order valence-corrected chi connectivity index (χ0v) is 6.72. The van der Waals surface area contributed by atoms with Gasteiger partial charge in [-0.25, -0.2) is 0 Å². The summed E-state index contributed by atoms with van der Waals surface area (Å²) in [5, 5.41) is 9.77. The van der Waals surface area contributed by atoms with Crippen LogP contribution in [0.15, 0.2) is 0 Å². The molecule has 0 radical (unpaired) electrons. The third-order valence-corrected chi connectivity index (χ3v) is 3.38. The first-order valence-corrected chi connectivity index (χ1v) is 3.97. The second kappa shape index (κ2) is 1.56. The van der Waals surface area contributed by atoms with Crippen molar-refractivity contribution in [1.82, 2.24) is 4.90 Å². The van der Waals surface area contributed by atoms with Gasteiger partial charge in [0.25, 0.3) is 0 Å². The lowest BCUT2D eigenvalue weighted by Gasteiger charge is -2.63. The molecule has 58 valence electrons. The van der Waals surface area contributed by atoms with Crippen LogP contribution in [0.2, 0.25) is 0 Å². The van der Waals surface area contributed by atoms with Gasteiger partial charge in [-0.1, -0.05) is 0 Å². The van der Waals surface area contributed by atoms with Crippen molar-refractivity contribution in [1.29, 1.82) is 0 Å². The van der Waals surface area contributed by atoms with Crippen LogP contribution in [0.3, 0.4) is 0 Å². The van der Waals surface area contributed by atoms with Gasteiger partial charge >= 0.3 is 0 Å². The molecule has 0 aromatic carbocycles. The minimum absolute atomic E-state index is 0.293. The molecule has 0 aromatic rings. The fraction of sp³-hybridized carbons (Fsp3) is 1.00. The zero-order valence-electron chi connectivity index (χ0n) is 6.72. The maximum atomic E-state index is 9.77. The summed E-state index contributed by atoms with van der Waals surface area (Å²) in [4.78, 5) is 2.27. The van der Waals surface area contributed by atoms with Gasteiger partial charge in [0.05, 0.1) is 5.60 Å². The first-order chi connectivity index (χ1) is 4.56. The van der Waals surface area contributed by atoms with E-state index < -0.39 is 0 Å².